The first kappa shape index (κ1) is 4.54. The van der Waals surface area contributed by atoms with Crippen molar-refractivity contribution in [3.05, 3.63) is 5.53 Å². The van der Waals surface area contributed by atoms with Crippen LogP contribution in [-0.4, -0.2) is 10.5 Å². The zero-order valence-corrected chi connectivity index (χ0v) is 4.60. The van der Waals surface area contributed by atoms with Crippen LogP contribution in [0.25, 0.3) is 5.53 Å². The minimum absolute atomic E-state index is 0.217. The Labute approximate surface area is 42.8 Å². The first-order valence-electron chi connectivity index (χ1n) is 2.38. The van der Waals surface area contributed by atoms with E-state index in [1.807, 2.05) is 0 Å². The van der Waals surface area contributed by atoms with Gasteiger partial charge in [-0.15, -0.1) is 0 Å². The van der Waals surface area contributed by atoms with E-state index in [0.717, 1.165) is 12.1 Å². The summed E-state index contributed by atoms with van der Waals surface area (Å²) in [6, 6.07) is 0. The highest BCUT2D eigenvalue weighted by atomic mass is 14.9. The summed E-state index contributed by atoms with van der Waals surface area (Å²) in [5.74, 6) is 0. The van der Waals surface area contributed by atoms with E-state index in [9.17, 15) is 0 Å². The molecular weight excluding hydrogens is 88.1 g/mol. The molecule has 0 unspecified atom stereocenters. The summed E-state index contributed by atoms with van der Waals surface area (Å²) in [5, 5.41) is 0. The van der Waals surface area contributed by atoms with Crippen molar-refractivity contribution in [1.29, 1.82) is 0 Å². The first-order chi connectivity index (χ1) is 3.17. The van der Waals surface area contributed by atoms with Gasteiger partial charge in [0.25, 0.3) is 5.71 Å². The standard InChI is InChI=1S/C5H8N2/c1-5(2)3-4(5)7-6/h3H2,1-2H3. The molecular formula is C5H8N2. The lowest BCUT2D eigenvalue weighted by Crippen LogP contribution is -1.86. The normalized spacial score (nSPS) is 24.0. The van der Waals surface area contributed by atoms with E-state index in [-0.39, 0.29) is 5.41 Å². The van der Waals surface area contributed by atoms with Crippen molar-refractivity contribution in [3.63, 3.8) is 0 Å². The minimum atomic E-state index is 0.217. The number of hydrogen-bond donors (Lipinski definition) is 0. The topological polar surface area (TPSA) is 36.4 Å². The van der Waals surface area contributed by atoms with E-state index in [0.29, 0.717) is 0 Å². The largest absolute Gasteiger partial charge is 0.362 e. The van der Waals surface area contributed by atoms with E-state index < -0.39 is 0 Å². The molecule has 0 aromatic carbocycles. The third kappa shape index (κ3) is 0.570. The molecule has 0 amide bonds. The van der Waals surface area contributed by atoms with Gasteiger partial charge in [0.1, 0.15) is 0 Å². The SMILES string of the molecule is CC1(C)CC1=[N+]=[N-]. The summed E-state index contributed by atoms with van der Waals surface area (Å²) in [6.07, 6.45) is 0.962. The molecule has 1 aliphatic rings. The quantitative estimate of drug-likeness (QED) is 0.319. The van der Waals surface area contributed by atoms with Gasteiger partial charge in [-0.25, -0.2) is 0 Å². The highest BCUT2D eigenvalue weighted by Gasteiger charge is 2.50. The fourth-order valence-corrected chi connectivity index (χ4v) is 0.545. The van der Waals surface area contributed by atoms with E-state index in [2.05, 4.69) is 18.6 Å². The smallest absolute Gasteiger partial charge is 0.276 e. The predicted octanol–water partition coefficient (Wildman–Crippen LogP) is 1.09. The molecule has 1 rings (SSSR count). The van der Waals surface area contributed by atoms with E-state index in [1.54, 1.807) is 0 Å². The number of nitrogens with zero attached hydrogens (tertiary/aromatic N) is 2. The van der Waals surface area contributed by atoms with Crippen molar-refractivity contribution in [3.8, 4) is 0 Å². The van der Waals surface area contributed by atoms with E-state index in [1.165, 1.54) is 0 Å². The number of rotatable bonds is 0. The van der Waals surface area contributed by atoms with Crippen molar-refractivity contribution in [1.82, 2.24) is 0 Å². The molecule has 38 valence electrons. The van der Waals surface area contributed by atoms with Crippen molar-refractivity contribution in [2.24, 2.45) is 5.41 Å². The second kappa shape index (κ2) is 0.958. The molecule has 0 spiro atoms. The van der Waals surface area contributed by atoms with Crippen LogP contribution in [0.4, 0.5) is 0 Å². The summed E-state index contributed by atoms with van der Waals surface area (Å²) in [7, 11) is 0. The Morgan fingerprint density at radius 1 is 1.71 bits per heavy atom. The highest BCUT2D eigenvalue weighted by Crippen LogP contribution is 2.38. The number of hydrogen-bond acceptors (Lipinski definition) is 0. The van der Waals surface area contributed by atoms with Gasteiger partial charge in [0, 0.05) is 0 Å². The maximum Gasteiger partial charge on any atom is 0.276 e. The Morgan fingerprint density at radius 2 is 2.14 bits per heavy atom. The zero-order chi connectivity index (χ0) is 5.49. The monoisotopic (exact) mass is 96.1 g/mol. The second-order valence-corrected chi connectivity index (χ2v) is 2.61. The van der Waals surface area contributed by atoms with Crippen LogP contribution in [0.5, 0.6) is 0 Å². The summed E-state index contributed by atoms with van der Waals surface area (Å²) in [6.45, 7) is 4.12. The molecule has 0 aromatic heterocycles. The van der Waals surface area contributed by atoms with Gasteiger partial charge in [0.2, 0.25) is 0 Å². The molecule has 0 aliphatic heterocycles. The first-order valence-corrected chi connectivity index (χ1v) is 2.38. The molecule has 0 heterocycles. The van der Waals surface area contributed by atoms with E-state index in [4.69, 9.17) is 5.53 Å². The van der Waals surface area contributed by atoms with Gasteiger partial charge in [-0.3, -0.25) is 0 Å². The van der Waals surface area contributed by atoms with Crippen molar-refractivity contribution in [2.45, 2.75) is 20.3 Å². The Balaban J connectivity index is 2.79. The van der Waals surface area contributed by atoms with Gasteiger partial charge in [-0.1, -0.05) is 0 Å². The van der Waals surface area contributed by atoms with Gasteiger partial charge in [0.05, 0.1) is 11.8 Å². The average Bonchev–Trinajstić information content (AvgIpc) is 2.13. The Hall–Kier alpha value is -0.620. The third-order valence-corrected chi connectivity index (χ3v) is 1.39. The second-order valence-electron chi connectivity index (χ2n) is 2.61. The molecule has 2 nitrogen and oxygen atoms in total. The van der Waals surface area contributed by atoms with Gasteiger partial charge in [0.15, 0.2) is 0 Å². The van der Waals surface area contributed by atoms with Gasteiger partial charge < -0.3 is 5.53 Å². The van der Waals surface area contributed by atoms with Crippen LogP contribution < -0.4 is 0 Å². The highest BCUT2D eigenvalue weighted by molar-refractivity contribution is 6.00. The van der Waals surface area contributed by atoms with Crippen LogP contribution in [0.3, 0.4) is 0 Å². The lowest BCUT2D eigenvalue weighted by Gasteiger charge is -1.80. The maximum absolute atomic E-state index is 8.13. The van der Waals surface area contributed by atoms with Gasteiger partial charge in [-0.2, -0.15) is 4.79 Å². The summed E-state index contributed by atoms with van der Waals surface area (Å²) in [5.41, 5.74) is 9.27. The maximum atomic E-state index is 8.13. The van der Waals surface area contributed by atoms with Gasteiger partial charge >= 0.3 is 0 Å². The van der Waals surface area contributed by atoms with Crippen molar-refractivity contribution >= 4 is 5.71 Å². The fraction of sp³-hybridized carbons (Fsp3) is 0.800. The molecule has 0 saturated heterocycles. The van der Waals surface area contributed by atoms with Crippen LogP contribution in [0.15, 0.2) is 0 Å². The van der Waals surface area contributed by atoms with Crippen LogP contribution >= 0.6 is 0 Å². The van der Waals surface area contributed by atoms with Crippen molar-refractivity contribution in [2.75, 3.05) is 0 Å². The molecule has 0 aromatic rings. The van der Waals surface area contributed by atoms with Crippen LogP contribution in [0, 0.1) is 5.41 Å². The molecule has 1 saturated carbocycles. The molecule has 2 heteroatoms. The molecule has 1 aliphatic carbocycles. The third-order valence-electron chi connectivity index (χ3n) is 1.39. The van der Waals surface area contributed by atoms with Gasteiger partial charge in [-0.05, 0) is 13.8 Å². The van der Waals surface area contributed by atoms with Crippen molar-refractivity contribution < 1.29 is 4.79 Å². The minimum Gasteiger partial charge on any atom is -0.362 e. The molecule has 0 radical (unpaired) electrons. The average molecular weight is 96.1 g/mol. The molecule has 0 N–H and O–H groups in total. The Bertz CT molecular complexity index is 140. The molecule has 1 fully saturated rings. The van der Waals surface area contributed by atoms with Crippen LogP contribution in [-0.2, 0) is 0 Å². The predicted molar refractivity (Wildman–Crippen MR) is 27.0 cm³/mol. The Kier molecular flexibility index (Phi) is 0.621. The summed E-state index contributed by atoms with van der Waals surface area (Å²) < 4.78 is 0. The summed E-state index contributed by atoms with van der Waals surface area (Å²) in [4.78, 5) is 3.07. The Morgan fingerprint density at radius 3 is 2.14 bits per heavy atom. The lowest BCUT2D eigenvalue weighted by molar-refractivity contribution is -0.00384. The molecule has 7 heavy (non-hydrogen) atoms. The van der Waals surface area contributed by atoms with Crippen LogP contribution in [0.2, 0.25) is 0 Å². The van der Waals surface area contributed by atoms with Crippen LogP contribution in [0.1, 0.15) is 20.3 Å². The molecule has 0 atom stereocenters. The molecule has 0 bridgehead atoms. The lowest BCUT2D eigenvalue weighted by atomic mass is 10.2. The summed E-state index contributed by atoms with van der Waals surface area (Å²) >= 11 is 0. The zero-order valence-electron chi connectivity index (χ0n) is 4.60. The fourth-order valence-electron chi connectivity index (χ4n) is 0.545. The van der Waals surface area contributed by atoms with E-state index >= 15 is 0 Å².